The van der Waals surface area contributed by atoms with E-state index in [9.17, 15) is 21.6 Å². The maximum atomic E-state index is 13.1. The van der Waals surface area contributed by atoms with Crippen LogP contribution >= 0.6 is 0 Å². The standard InChI is InChI=1S/C27H25F3N2O4S/c1-35-18-9-11-22(25(14-18)36-2)26-21-8-4-7-20(21)23-15-19(10-12-24(23)31-26)37(33,34)32-17-6-3-5-16(13-17)27(28,29)30/h3-7,9-15,20-21,26,31-32H,8H2,1-2H3/t20-,21+,26-/m0/s1. The first-order valence-corrected chi connectivity index (χ1v) is 13.1. The Morgan fingerprint density at radius 2 is 1.78 bits per heavy atom. The van der Waals surface area contributed by atoms with Gasteiger partial charge in [-0.25, -0.2) is 8.42 Å². The minimum absolute atomic E-state index is 0.0232. The Morgan fingerprint density at radius 1 is 0.973 bits per heavy atom. The molecule has 1 heterocycles. The summed E-state index contributed by atoms with van der Waals surface area (Å²) < 4.78 is 78.7. The zero-order valence-corrected chi connectivity index (χ0v) is 20.9. The summed E-state index contributed by atoms with van der Waals surface area (Å²) in [4.78, 5) is -0.0232. The lowest BCUT2D eigenvalue weighted by molar-refractivity contribution is -0.137. The van der Waals surface area contributed by atoms with Gasteiger partial charge < -0.3 is 14.8 Å². The van der Waals surface area contributed by atoms with Crippen LogP contribution in [-0.2, 0) is 16.2 Å². The first-order chi connectivity index (χ1) is 17.6. The van der Waals surface area contributed by atoms with Crippen molar-refractivity contribution in [3.05, 3.63) is 89.5 Å². The van der Waals surface area contributed by atoms with E-state index in [4.69, 9.17) is 9.47 Å². The van der Waals surface area contributed by atoms with E-state index in [1.165, 1.54) is 18.2 Å². The van der Waals surface area contributed by atoms with E-state index in [0.717, 1.165) is 35.4 Å². The molecule has 0 unspecified atom stereocenters. The first-order valence-electron chi connectivity index (χ1n) is 11.6. The number of sulfonamides is 1. The van der Waals surface area contributed by atoms with Gasteiger partial charge in [0.2, 0.25) is 0 Å². The topological polar surface area (TPSA) is 76.7 Å². The van der Waals surface area contributed by atoms with Gasteiger partial charge in [-0.05, 0) is 66.4 Å². The van der Waals surface area contributed by atoms with Crippen LogP contribution in [0.1, 0.15) is 35.1 Å². The van der Waals surface area contributed by atoms with Crippen LogP contribution in [0.3, 0.4) is 0 Å². The maximum absolute atomic E-state index is 13.1. The molecule has 5 rings (SSSR count). The molecule has 10 heteroatoms. The van der Waals surface area contributed by atoms with Crippen molar-refractivity contribution in [2.24, 2.45) is 5.92 Å². The van der Waals surface area contributed by atoms with Crippen LogP contribution in [-0.4, -0.2) is 22.6 Å². The molecule has 1 aliphatic heterocycles. The van der Waals surface area contributed by atoms with Crippen LogP contribution in [0.4, 0.5) is 24.5 Å². The van der Waals surface area contributed by atoms with Gasteiger partial charge in [-0.3, -0.25) is 4.72 Å². The fraction of sp³-hybridized carbons (Fsp3) is 0.259. The van der Waals surface area contributed by atoms with Crippen molar-refractivity contribution in [1.82, 2.24) is 0 Å². The molecule has 0 saturated heterocycles. The summed E-state index contributed by atoms with van der Waals surface area (Å²) >= 11 is 0. The average molecular weight is 531 g/mol. The van der Waals surface area contributed by atoms with Gasteiger partial charge in [-0.2, -0.15) is 13.2 Å². The second-order valence-electron chi connectivity index (χ2n) is 9.02. The number of ether oxygens (including phenoxy) is 2. The number of alkyl halides is 3. The number of halogens is 3. The van der Waals surface area contributed by atoms with Crippen molar-refractivity contribution in [2.75, 3.05) is 24.3 Å². The summed E-state index contributed by atoms with van der Waals surface area (Å²) in [5.74, 6) is 1.44. The van der Waals surface area contributed by atoms with Gasteiger partial charge >= 0.3 is 6.18 Å². The molecule has 0 amide bonds. The van der Waals surface area contributed by atoms with Crippen molar-refractivity contribution in [3.63, 3.8) is 0 Å². The Bertz CT molecular complexity index is 1470. The number of benzene rings is 3. The molecule has 0 saturated carbocycles. The minimum atomic E-state index is -4.58. The van der Waals surface area contributed by atoms with Gasteiger partial charge in [0.15, 0.2) is 0 Å². The number of anilines is 2. The molecule has 1 aliphatic carbocycles. The molecule has 0 spiro atoms. The summed E-state index contributed by atoms with van der Waals surface area (Å²) in [6, 6.07) is 14.4. The third-order valence-electron chi connectivity index (χ3n) is 6.86. The maximum Gasteiger partial charge on any atom is 0.416 e. The van der Waals surface area contributed by atoms with Crippen molar-refractivity contribution in [3.8, 4) is 11.5 Å². The largest absolute Gasteiger partial charge is 0.497 e. The Balaban J connectivity index is 1.47. The normalized spacial score (nSPS) is 20.5. The second kappa shape index (κ2) is 9.33. The molecule has 37 heavy (non-hydrogen) atoms. The summed E-state index contributed by atoms with van der Waals surface area (Å²) in [5.41, 5.74) is 1.48. The van der Waals surface area contributed by atoms with Gasteiger partial charge in [-0.1, -0.05) is 18.2 Å². The van der Waals surface area contributed by atoms with Crippen LogP contribution < -0.4 is 19.5 Å². The highest BCUT2D eigenvalue weighted by molar-refractivity contribution is 7.92. The van der Waals surface area contributed by atoms with Crippen LogP contribution in [0.5, 0.6) is 11.5 Å². The second-order valence-corrected chi connectivity index (χ2v) is 10.7. The molecular weight excluding hydrogens is 505 g/mol. The van der Waals surface area contributed by atoms with E-state index in [2.05, 4.69) is 22.2 Å². The van der Waals surface area contributed by atoms with E-state index < -0.39 is 21.8 Å². The van der Waals surface area contributed by atoms with Crippen molar-refractivity contribution in [1.29, 1.82) is 0 Å². The Hall–Kier alpha value is -3.66. The summed E-state index contributed by atoms with van der Waals surface area (Å²) in [6.07, 6.45) is 0.365. The van der Waals surface area contributed by atoms with Crippen LogP contribution in [0.2, 0.25) is 0 Å². The predicted molar refractivity (Wildman–Crippen MR) is 135 cm³/mol. The van der Waals surface area contributed by atoms with Crippen LogP contribution in [0.15, 0.2) is 77.7 Å². The minimum Gasteiger partial charge on any atom is -0.497 e. The number of hydrogen-bond donors (Lipinski definition) is 2. The average Bonchev–Trinajstić information content (AvgIpc) is 3.37. The number of hydrogen-bond acceptors (Lipinski definition) is 5. The third-order valence-corrected chi connectivity index (χ3v) is 8.24. The smallest absolute Gasteiger partial charge is 0.416 e. The molecule has 0 aromatic heterocycles. The van der Waals surface area contributed by atoms with Crippen molar-refractivity contribution in [2.45, 2.75) is 29.5 Å². The summed E-state index contributed by atoms with van der Waals surface area (Å²) in [7, 11) is -0.929. The highest BCUT2D eigenvalue weighted by Crippen LogP contribution is 2.51. The molecule has 3 aromatic carbocycles. The highest BCUT2D eigenvalue weighted by Gasteiger charge is 2.39. The molecule has 0 radical (unpaired) electrons. The Morgan fingerprint density at radius 3 is 2.51 bits per heavy atom. The first kappa shape index (κ1) is 25.0. The lowest BCUT2D eigenvalue weighted by Crippen LogP contribution is -2.29. The van der Waals surface area contributed by atoms with Gasteiger partial charge in [0.25, 0.3) is 10.0 Å². The highest BCUT2D eigenvalue weighted by atomic mass is 32.2. The molecule has 3 aromatic rings. The molecule has 0 fully saturated rings. The summed E-state index contributed by atoms with van der Waals surface area (Å²) in [5, 5.41) is 3.55. The van der Waals surface area contributed by atoms with Gasteiger partial charge in [0.1, 0.15) is 11.5 Å². The van der Waals surface area contributed by atoms with Crippen molar-refractivity contribution >= 4 is 21.4 Å². The molecule has 2 aliphatic rings. The SMILES string of the molecule is COc1ccc([C@H]2Nc3ccc(S(=O)(=O)Nc4cccc(C(F)(F)F)c4)cc3[C@H]3C=CC[C@H]32)c(OC)c1. The molecule has 2 N–H and O–H groups in total. The van der Waals surface area contributed by atoms with E-state index in [-0.39, 0.29) is 28.5 Å². The zero-order chi connectivity index (χ0) is 26.4. The fourth-order valence-corrected chi connectivity index (χ4v) is 6.18. The van der Waals surface area contributed by atoms with Gasteiger partial charge in [0, 0.05) is 28.9 Å². The van der Waals surface area contributed by atoms with E-state index in [1.54, 1.807) is 26.4 Å². The third kappa shape index (κ3) is 4.73. The molecule has 3 atom stereocenters. The molecule has 6 nitrogen and oxygen atoms in total. The Labute approximate surface area is 213 Å². The molecular formula is C27H25F3N2O4S. The number of allylic oxidation sites excluding steroid dienone is 2. The quantitative estimate of drug-likeness (QED) is 0.363. The van der Waals surface area contributed by atoms with Crippen LogP contribution in [0.25, 0.3) is 0 Å². The molecule has 194 valence electrons. The number of nitrogens with one attached hydrogen (secondary N) is 2. The monoisotopic (exact) mass is 530 g/mol. The predicted octanol–water partition coefficient (Wildman–Crippen LogP) is 6.35. The van der Waals surface area contributed by atoms with E-state index in [0.29, 0.717) is 11.5 Å². The van der Waals surface area contributed by atoms with Crippen LogP contribution in [0, 0.1) is 5.92 Å². The Kier molecular flexibility index (Phi) is 6.31. The van der Waals surface area contributed by atoms with Crippen molar-refractivity contribution < 1.29 is 31.1 Å². The van der Waals surface area contributed by atoms with E-state index >= 15 is 0 Å². The lowest BCUT2D eigenvalue weighted by atomic mass is 9.77. The number of rotatable bonds is 6. The van der Waals surface area contributed by atoms with Gasteiger partial charge in [-0.15, -0.1) is 0 Å². The van der Waals surface area contributed by atoms with E-state index in [1.807, 2.05) is 18.2 Å². The number of fused-ring (bicyclic) bond motifs is 3. The number of methoxy groups -OCH3 is 2. The fourth-order valence-electron chi connectivity index (χ4n) is 5.10. The zero-order valence-electron chi connectivity index (χ0n) is 20.0. The lowest BCUT2D eigenvalue weighted by Gasteiger charge is -2.38. The van der Waals surface area contributed by atoms with Gasteiger partial charge in [0.05, 0.1) is 30.7 Å². The molecule has 0 bridgehead atoms. The summed E-state index contributed by atoms with van der Waals surface area (Å²) in [6.45, 7) is 0.